The van der Waals surface area contributed by atoms with E-state index in [1.807, 2.05) is 0 Å². The molecule has 9 heteroatoms. The molecule has 1 rings (SSSR count). The molecule has 0 atom stereocenters. The van der Waals surface area contributed by atoms with Gasteiger partial charge in [-0.05, 0) is 19.1 Å². The van der Waals surface area contributed by atoms with Crippen LogP contribution in [0.2, 0.25) is 0 Å². The Balaban J connectivity index is 2.74. The van der Waals surface area contributed by atoms with E-state index in [1.165, 1.54) is 6.26 Å². The molecule has 0 aromatic heterocycles. The number of thiol groups is 1. The Bertz CT molecular complexity index is 344. The molecule has 0 unspecified atom stereocenters. The quantitative estimate of drug-likeness (QED) is 0.628. The minimum absolute atomic E-state index is 0.123. The molecule has 16 heavy (non-hydrogen) atoms. The maximum atomic E-state index is 12.1. The molecule has 0 bridgehead atoms. The van der Waals surface area contributed by atoms with E-state index in [9.17, 15) is 21.6 Å². The largest absolute Gasteiger partial charge is 0.523 e. The second-order valence-electron chi connectivity index (χ2n) is 3.79. The Morgan fingerprint density at radius 2 is 1.75 bits per heavy atom. The van der Waals surface area contributed by atoms with E-state index >= 15 is 0 Å². The first-order valence-corrected chi connectivity index (χ1v) is 8.73. The lowest BCUT2D eigenvalue weighted by Gasteiger charge is -2.39. The van der Waals surface area contributed by atoms with Gasteiger partial charge in [0.05, 0.1) is 0 Å². The van der Waals surface area contributed by atoms with E-state index in [1.54, 1.807) is 0 Å². The van der Waals surface area contributed by atoms with Crippen molar-refractivity contribution in [2.45, 2.75) is 23.6 Å². The highest BCUT2D eigenvalue weighted by Crippen LogP contribution is 2.53. The van der Waals surface area contributed by atoms with Crippen molar-refractivity contribution in [3.8, 4) is 0 Å². The third-order valence-electron chi connectivity index (χ3n) is 2.30. The predicted molar refractivity (Wildman–Crippen MR) is 61.3 cm³/mol. The van der Waals surface area contributed by atoms with E-state index in [0.717, 1.165) is 0 Å². The SMILES string of the molecule is CS1(OS(=O)(=O)C(F)(F)F)CCC(S)CC1. The van der Waals surface area contributed by atoms with Crippen molar-refractivity contribution in [1.29, 1.82) is 0 Å². The molecule has 0 radical (unpaired) electrons. The molecule has 98 valence electrons. The van der Waals surface area contributed by atoms with E-state index < -0.39 is 25.9 Å². The summed E-state index contributed by atoms with van der Waals surface area (Å²) in [5.74, 6) is 0.687. The zero-order valence-corrected chi connectivity index (χ0v) is 11.1. The molecule has 1 aliphatic heterocycles. The number of hydrogen-bond donors (Lipinski definition) is 1. The molecule has 0 spiro atoms. The highest BCUT2D eigenvalue weighted by Gasteiger charge is 2.50. The van der Waals surface area contributed by atoms with E-state index in [2.05, 4.69) is 16.3 Å². The topological polar surface area (TPSA) is 43.4 Å². The standard InChI is InChI=1S/C7H13F3O3S3/c1-15(4-2-6(14)3-5-15)13-16(11,12)7(8,9)10/h6,14H,2-5H2,1H3. The summed E-state index contributed by atoms with van der Waals surface area (Å²) in [4.78, 5) is 0. The number of rotatable bonds is 2. The fourth-order valence-corrected chi connectivity index (χ4v) is 6.30. The second-order valence-corrected chi connectivity index (χ2v) is 9.62. The van der Waals surface area contributed by atoms with Crippen LogP contribution in [0.5, 0.6) is 0 Å². The monoisotopic (exact) mass is 298 g/mol. The van der Waals surface area contributed by atoms with E-state index in [-0.39, 0.29) is 5.25 Å². The van der Waals surface area contributed by atoms with Crippen LogP contribution in [0.25, 0.3) is 0 Å². The van der Waals surface area contributed by atoms with Crippen molar-refractivity contribution >= 4 is 33.1 Å². The van der Waals surface area contributed by atoms with Crippen LogP contribution in [0.4, 0.5) is 13.2 Å². The average Bonchev–Trinajstić information content (AvgIpc) is 2.08. The lowest BCUT2D eigenvalue weighted by atomic mass is 10.2. The summed E-state index contributed by atoms with van der Waals surface area (Å²) in [5, 5.41) is 0.123. The van der Waals surface area contributed by atoms with Crippen molar-refractivity contribution in [3.63, 3.8) is 0 Å². The van der Waals surface area contributed by atoms with Gasteiger partial charge in [-0.25, -0.2) is 3.63 Å². The van der Waals surface area contributed by atoms with Gasteiger partial charge < -0.3 is 0 Å². The summed E-state index contributed by atoms with van der Waals surface area (Å²) in [5.41, 5.74) is -5.33. The van der Waals surface area contributed by atoms with Crippen LogP contribution in [0.15, 0.2) is 0 Å². The summed E-state index contributed by atoms with van der Waals surface area (Å²) >= 11 is 4.19. The lowest BCUT2D eigenvalue weighted by molar-refractivity contribution is -0.0496. The number of halogens is 3. The average molecular weight is 298 g/mol. The van der Waals surface area contributed by atoms with Crippen molar-refractivity contribution in [3.05, 3.63) is 0 Å². The van der Waals surface area contributed by atoms with Gasteiger partial charge in [-0.2, -0.15) is 34.2 Å². The molecular weight excluding hydrogens is 285 g/mol. The van der Waals surface area contributed by atoms with Crippen LogP contribution < -0.4 is 0 Å². The number of alkyl halides is 3. The van der Waals surface area contributed by atoms with Crippen molar-refractivity contribution in [2.75, 3.05) is 17.8 Å². The van der Waals surface area contributed by atoms with Gasteiger partial charge in [0.2, 0.25) is 0 Å². The highest BCUT2D eigenvalue weighted by atomic mass is 32.3. The van der Waals surface area contributed by atoms with Crippen LogP contribution in [0, 0.1) is 0 Å². The smallest absolute Gasteiger partial charge is 0.213 e. The van der Waals surface area contributed by atoms with Crippen LogP contribution >= 0.6 is 22.9 Å². The van der Waals surface area contributed by atoms with Crippen LogP contribution in [0.3, 0.4) is 0 Å². The maximum absolute atomic E-state index is 12.1. The van der Waals surface area contributed by atoms with E-state index in [0.29, 0.717) is 24.3 Å². The molecule has 0 N–H and O–H groups in total. The summed E-state index contributed by atoms with van der Waals surface area (Å²) in [6, 6.07) is 0. The third-order valence-corrected chi connectivity index (χ3v) is 7.62. The van der Waals surface area contributed by atoms with Gasteiger partial charge in [-0.3, -0.25) is 0 Å². The third kappa shape index (κ3) is 3.44. The van der Waals surface area contributed by atoms with Crippen molar-refractivity contribution < 1.29 is 25.2 Å². The summed E-state index contributed by atoms with van der Waals surface area (Å²) < 4.78 is 62.5. The van der Waals surface area contributed by atoms with Crippen LogP contribution in [-0.2, 0) is 13.7 Å². The minimum atomic E-state index is -5.46. The molecule has 1 saturated heterocycles. The highest BCUT2D eigenvalue weighted by molar-refractivity contribution is 8.32. The van der Waals surface area contributed by atoms with E-state index in [4.69, 9.17) is 0 Å². The molecule has 0 aromatic carbocycles. The summed E-state index contributed by atoms with van der Waals surface area (Å²) in [7, 11) is -7.63. The van der Waals surface area contributed by atoms with Gasteiger partial charge in [0.15, 0.2) is 0 Å². The predicted octanol–water partition coefficient (Wildman–Crippen LogP) is 2.29. The summed E-state index contributed by atoms with van der Waals surface area (Å²) in [6.45, 7) is 0. The molecule has 3 nitrogen and oxygen atoms in total. The molecule has 1 aliphatic rings. The molecule has 0 amide bonds. The van der Waals surface area contributed by atoms with Gasteiger partial charge in [-0.15, -0.1) is 10.3 Å². The maximum Gasteiger partial charge on any atom is 0.523 e. The van der Waals surface area contributed by atoms with Crippen LogP contribution in [0.1, 0.15) is 12.8 Å². The molecule has 1 heterocycles. The van der Waals surface area contributed by atoms with Gasteiger partial charge in [0.1, 0.15) is 0 Å². The minimum Gasteiger partial charge on any atom is -0.213 e. The van der Waals surface area contributed by atoms with Gasteiger partial charge in [0, 0.05) is 16.8 Å². The van der Waals surface area contributed by atoms with Crippen LogP contribution in [-0.4, -0.2) is 36.9 Å². The molecule has 0 aromatic rings. The van der Waals surface area contributed by atoms with Gasteiger partial charge in [-0.1, -0.05) is 0 Å². The normalized spacial score (nSPS) is 36.7. The Kier molecular flexibility index (Phi) is 4.14. The second kappa shape index (κ2) is 4.58. The Morgan fingerprint density at radius 1 is 1.31 bits per heavy atom. The summed E-state index contributed by atoms with van der Waals surface area (Å²) in [6.07, 6.45) is 2.64. The molecule has 1 fully saturated rings. The molecule has 0 saturated carbocycles. The molecule has 0 aliphatic carbocycles. The van der Waals surface area contributed by atoms with Gasteiger partial charge in [0.25, 0.3) is 0 Å². The Labute approximate surface area is 99.8 Å². The first kappa shape index (κ1) is 14.5. The zero-order chi connectivity index (χ0) is 12.6. The fraction of sp³-hybridized carbons (Fsp3) is 1.00. The first-order chi connectivity index (χ1) is 7.06. The lowest BCUT2D eigenvalue weighted by Crippen LogP contribution is -2.31. The van der Waals surface area contributed by atoms with Crippen molar-refractivity contribution in [2.24, 2.45) is 0 Å². The Hall–Kier alpha value is 0.400. The fourth-order valence-electron chi connectivity index (χ4n) is 1.34. The molecular formula is C7H13F3O3S3. The Morgan fingerprint density at radius 3 is 2.12 bits per heavy atom. The van der Waals surface area contributed by atoms with Crippen molar-refractivity contribution in [1.82, 2.24) is 0 Å². The zero-order valence-electron chi connectivity index (χ0n) is 8.53. The van der Waals surface area contributed by atoms with Gasteiger partial charge >= 0.3 is 15.6 Å². The first-order valence-electron chi connectivity index (χ1n) is 4.50. The number of hydrogen-bond acceptors (Lipinski definition) is 4.